The SMILES string of the molecule is O=C(O)Cc1ccccc1NC(=O)c1cnn(CC(=O)NC2CCCCC2)c1. The molecular formula is C20H24N4O4. The number of hydrogen-bond acceptors (Lipinski definition) is 4. The number of amides is 2. The van der Waals surface area contributed by atoms with Crippen molar-refractivity contribution in [2.45, 2.75) is 51.1 Å². The smallest absolute Gasteiger partial charge is 0.307 e. The minimum absolute atomic E-state index is 0.0549. The Bertz CT molecular complexity index is 855. The van der Waals surface area contributed by atoms with Crippen LogP contribution in [0.4, 0.5) is 5.69 Å². The highest BCUT2D eigenvalue weighted by molar-refractivity contribution is 6.04. The van der Waals surface area contributed by atoms with Crippen molar-refractivity contribution in [2.75, 3.05) is 5.32 Å². The molecule has 1 aliphatic carbocycles. The highest BCUT2D eigenvalue weighted by Crippen LogP contribution is 2.18. The maximum Gasteiger partial charge on any atom is 0.307 e. The first kappa shape index (κ1) is 19.6. The summed E-state index contributed by atoms with van der Waals surface area (Å²) < 4.78 is 1.43. The Morgan fingerprint density at radius 1 is 1.14 bits per heavy atom. The number of carboxylic acid groups (broad SMARTS) is 1. The third-order valence-electron chi connectivity index (χ3n) is 4.78. The maximum atomic E-state index is 12.5. The summed E-state index contributed by atoms with van der Waals surface area (Å²) >= 11 is 0. The van der Waals surface area contributed by atoms with Gasteiger partial charge in [-0.05, 0) is 24.5 Å². The molecule has 0 saturated heterocycles. The number of nitrogens with zero attached hydrogens (tertiary/aromatic N) is 2. The first-order valence-electron chi connectivity index (χ1n) is 9.44. The molecule has 8 nitrogen and oxygen atoms in total. The molecule has 0 radical (unpaired) electrons. The molecule has 8 heteroatoms. The molecule has 1 aromatic heterocycles. The second kappa shape index (κ2) is 9.16. The Hall–Kier alpha value is -3.16. The van der Waals surface area contributed by atoms with E-state index in [4.69, 9.17) is 5.11 Å². The Labute approximate surface area is 162 Å². The predicted octanol–water partition coefficient (Wildman–Crippen LogP) is 2.21. The van der Waals surface area contributed by atoms with Crippen LogP contribution in [0, 0.1) is 0 Å². The Morgan fingerprint density at radius 3 is 2.64 bits per heavy atom. The van der Waals surface area contributed by atoms with Gasteiger partial charge in [-0.25, -0.2) is 0 Å². The van der Waals surface area contributed by atoms with Gasteiger partial charge in [0.15, 0.2) is 0 Å². The molecule has 28 heavy (non-hydrogen) atoms. The molecule has 2 amide bonds. The van der Waals surface area contributed by atoms with Crippen LogP contribution >= 0.6 is 0 Å². The van der Waals surface area contributed by atoms with Gasteiger partial charge in [-0.3, -0.25) is 19.1 Å². The topological polar surface area (TPSA) is 113 Å². The summed E-state index contributed by atoms with van der Waals surface area (Å²) in [4.78, 5) is 35.6. The molecule has 0 spiro atoms. The number of aromatic nitrogens is 2. The number of carbonyl (C=O) groups is 3. The number of hydrogen-bond donors (Lipinski definition) is 3. The van der Waals surface area contributed by atoms with Gasteiger partial charge in [-0.1, -0.05) is 37.5 Å². The lowest BCUT2D eigenvalue weighted by atomic mass is 9.95. The molecule has 1 saturated carbocycles. The second-order valence-electron chi connectivity index (χ2n) is 7.01. The summed E-state index contributed by atoms with van der Waals surface area (Å²) in [6.45, 7) is 0.0549. The molecule has 2 aromatic rings. The van der Waals surface area contributed by atoms with Crippen molar-refractivity contribution in [3.8, 4) is 0 Å². The van der Waals surface area contributed by atoms with E-state index in [0.717, 1.165) is 25.7 Å². The summed E-state index contributed by atoms with van der Waals surface area (Å²) in [6.07, 6.45) is 8.23. The van der Waals surface area contributed by atoms with E-state index in [2.05, 4.69) is 15.7 Å². The molecule has 1 aromatic carbocycles. The van der Waals surface area contributed by atoms with Gasteiger partial charge in [-0.15, -0.1) is 0 Å². The lowest BCUT2D eigenvalue weighted by molar-refractivity contribution is -0.136. The van der Waals surface area contributed by atoms with Crippen molar-refractivity contribution in [1.29, 1.82) is 0 Å². The van der Waals surface area contributed by atoms with Crippen LogP contribution in [0.2, 0.25) is 0 Å². The number of carboxylic acids is 1. The van der Waals surface area contributed by atoms with Crippen molar-refractivity contribution in [3.05, 3.63) is 47.8 Å². The number of rotatable bonds is 7. The quantitative estimate of drug-likeness (QED) is 0.677. The standard InChI is InChI=1S/C20H24N4O4/c25-18(22-16-7-2-1-3-8-16)13-24-12-15(11-21-24)20(28)23-17-9-5-4-6-14(17)10-19(26)27/h4-6,9,11-12,16H,1-3,7-8,10,13H2,(H,22,25)(H,23,28)(H,26,27). The highest BCUT2D eigenvalue weighted by Gasteiger charge is 2.17. The largest absolute Gasteiger partial charge is 0.481 e. The van der Waals surface area contributed by atoms with Crippen molar-refractivity contribution in [3.63, 3.8) is 0 Å². The first-order valence-corrected chi connectivity index (χ1v) is 9.44. The van der Waals surface area contributed by atoms with E-state index < -0.39 is 11.9 Å². The zero-order valence-electron chi connectivity index (χ0n) is 15.6. The second-order valence-corrected chi connectivity index (χ2v) is 7.01. The fraction of sp³-hybridized carbons (Fsp3) is 0.400. The van der Waals surface area contributed by atoms with Crippen molar-refractivity contribution in [1.82, 2.24) is 15.1 Å². The fourth-order valence-electron chi connectivity index (χ4n) is 3.39. The summed E-state index contributed by atoms with van der Waals surface area (Å²) in [5.41, 5.74) is 1.26. The van der Waals surface area contributed by atoms with Gasteiger partial charge in [0.25, 0.3) is 5.91 Å². The number of anilines is 1. The van der Waals surface area contributed by atoms with E-state index in [9.17, 15) is 14.4 Å². The van der Waals surface area contributed by atoms with Crippen LogP contribution in [0.15, 0.2) is 36.7 Å². The molecule has 0 unspecified atom stereocenters. The number of para-hydroxylation sites is 1. The van der Waals surface area contributed by atoms with Crippen molar-refractivity contribution in [2.24, 2.45) is 0 Å². The van der Waals surface area contributed by atoms with Crippen LogP contribution in [0.1, 0.15) is 48.0 Å². The van der Waals surface area contributed by atoms with Crippen molar-refractivity contribution < 1.29 is 19.5 Å². The predicted molar refractivity (Wildman–Crippen MR) is 103 cm³/mol. The van der Waals surface area contributed by atoms with E-state index in [0.29, 0.717) is 16.8 Å². The zero-order valence-corrected chi connectivity index (χ0v) is 15.6. The molecule has 148 valence electrons. The van der Waals surface area contributed by atoms with Gasteiger partial charge in [0, 0.05) is 17.9 Å². The summed E-state index contributed by atoms with van der Waals surface area (Å²) in [5, 5.41) is 18.8. The van der Waals surface area contributed by atoms with Gasteiger partial charge in [0.1, 0.15) is 6.54 Å². The van der Waals surface area contributed by atoms with E-state index in [1.807, 2.05) is 0 Å². The minimum Gasteiger partial charge on any atom is -0.481 e. The van der Waals surface area contributed by atoms with Crippen LogP contribution < -0.4 is 10.6 Å². The van der Waals surface area contributed by atoms with E-state index in [-0.39, 0.29) is 24.9 Å². The molecule has 1 heterocycles. The van der Waals surface area contributed by atoms with Crippen LogP contribution in [0.25, 0.3) is 0 Å². The Morgan fingerprint density at radius 2 is 1.89 bits per heavy atom. The van der Waals surface area contributed by atoms with Gasteiger partial charge in [-0.2, -0.15) is 5.10 Å². The van der Waals surface area contributed by atoms with Gasteiger partial charge in [0.2, 0.25) is 5.91 Å². The molecule has 0 aliphatic heterocycles. The number of benzene rings is 1. The summed E-state index contributed by atoms with van der Waals surface area (Å²) in [7, 11) is 0. The molecular weight excluding hydrogens is 360 g/mol. The molecule has 1 aliphatic rings. The van der Waals surface area contributed by atoms with Crippen LogP contribution in [-0.4, -0.2) is 38.7 Å². The fourth-order valence-corrected chi connectivity index (χ4v) is 3.39. The third-order valence-corrected chi connectivity index (χ3v) is 4.78. The number of carbonyl (C=O) groups excluding carboxylic acids is 2. The maximum absolute atomic E-state index is 12.5. The van der Waals surface area contributed by atoms with Crippen LogP contribution in [0.3, 0.4) is 0 Å². The number of nitrogens with one attached hydrogen (secondary N) is 2. The normalized spacial score (nSPS) is 14.4. The van der Waals surface area contributed by atoms with Gasteiger partial charge < -0.3 is 15.7 Å². The minimum atomic E-state index is -0.974. The van der Waals surface area contributed by atoms with Gasteiger partial charge in [0.05, 0.1) is 18.2 Å². The lowest BCUT2D eigenvalue weighted by Crippen LogP contribution is -2.38. The number of aliphatic carboxylic acids is 1. The Balaban J connectivity index is 1.58. The average molecular weight is 384 g/mol. The molecule has 3 N–H and O–H groups in total. The first-order chi connectivity index (χ1) is 13.5. The molecule has 0 atom stereocenters. The Kier molecular flexibility index (Phi) is 6.41. The highest BCUT2D eigenvalue weighted by atomic mass is 16.4. The summed E-state index contributed by atoms with van der Waals surface area (Å²) in [5.74, 6) is -1.50. The van der Waals surface area contributed by atoms with Crippen LogP contribution in [-0.2, 0) is 22.6 Å². The molecule has 1 fully saturated rings. The third kappa shape index (κ3) is 5.42. The molecule has 0 bridgehead atoms. The molecule has 3 rings (SSSR count). The summed E-state index contributed by atoms with van der Waals surface area (Å²) in [6, 6.07) is 6.98. The van der Waals surface area contributed by atoms with E-state index in [1.54, 1.807) is 24.3 Å². The lowest BCUT2D eigenvalue weighted by Gasteiger charge is -2.22. The average Bonchev–Trinajstić information content (AvgIpc) is 3.12. The van der Waals surface area contributed by atoms with Crippen LogP contribution in [0.5, 0.6) is 0 Å². The van der Waals surface area contributed by atoms with Gasteiger partial charge >= 0.3 is 5.97 Å². The van der Waals surface area contributed by atoms with Crippen molar-refractivity contribution >= 4 is 23.5 Å². The monoisotopic (exact) mass is 384 g/mol. The van der Waals surface area contributed by atoms with E-state index >= 15 is 0 Å². The van der Waals surface area contributed by atoms with E-state index in [1.165, 1.54) is 23.5 Å². The zero-order chi connectivity index (χ0) is 19.9.